The third-order valence-electron chi connectivity index (χ3n) is 17.0. The van der Waals surface area contributed by atoms with E-state index in [1.165, 1.54) is 13.7 Å². The molecule has 0 saturated heterocycles. The summed E-state index contributed by atoms with van der Waals surface area (Å²) in [6, 6.07) is 45.7. The lowest BCUT2D eigenvalue weighted by Crippen LogP contribution is -1.96. The number of hydrogen-bond acceptors (Lipinski definition) is 0. The van der Waals surface area contributed by atoms with Gasteiger partial charge in [-0.2, -0.15) is 0 Å². The zero-order valence-electron chi connectivity index (χ0n) is 77.3. The fraction of sp³-hybridized carbons (Fsp3) is 0.0110. The summed E-state index contributed by atoms with van der Waals surface area (Å²) >= 11 is 0. The van der Waals surface area contributed by atoms with Crippen molar-refractivity contribution < 1.29 is 37.0 Å². The Hall–Kier alpha value is -12.5. The van der Waals surface area contributed by atoms with Gasteiger partial charge in [-0.05, 0) is 195 Å². The molecule has 0 aliphatic heterocycles. The van der Waals surface area contributed by atoms with E-state index in [4.69, 9.17) is 17.8 Å². The van der Waals surface area contributed by atoms with Gasteiger partial charge in [0.25, 0.3) is 0 Å². The van der Waals surface area contributed by atoms with E-state index >= 15 is 0 Å². The second-order valence-electron chi connectivity index (χ2n) is 22.7. The minimum atomic E-state index is -0.604. The first-order chi connectivity index (χ1) is 58.3. The molecule has 0 amide bonds. The zero-order chi connectivity index (χ0) is 86.4. The quantitative estimate of drug-likeness (QED) is 0.137. The van der Waals surface area contributed by atoms with E-state index in [0.29, 0.717) is 22.7 Å². The predicted octanol–water partition coefficient (Wildman–Crippen LogP) is 24.4. The lowest BCUT2D eigenvalue weighted by Gasteiger charge is -2.14. The summed E-state index contributed by atoms with van der Waals surface area (Å²) in [4.78, 5) is 0. The van der Waals surface area contributed by atoms with E-state index < -0.39 is 156 Å². The Balaban J connectivity index is 0.000000168. The smallest absolute Gasteiger partial charge is 0.0648 e. The maximum Gasteiger partial charge on any atom is 0.0648 e. The van der Waals surface area contributed by atoms with Crippen LogP contribution in [0.5, 0.6) is 0 Å². The van der Waals surface area contributed by atoms with Gasteiger partial charge in [0.2, 0.25) is 0 Å². The second-order valence-corrected chi connectivity index (χ2v) is 22.7. The van der Waals surface area contributed by atoms with Gasteiger partial charge in [-0.3, -0.25) is 0 Å². The molecule has 15 aromatic carbocycles. The first-order valence-electron chi connectivity index (χ1n) is 44.0. The Morgan fingerprint density at radius 3 is 0.874 bits per heavy atom. The van der Waals surface area contributed by atoms with Crippen LogP contribution in [0.15, 0.2) is 357 Å². The van der Waals surface area contributed by atoms with E-state index in [-0.39, 0.29) is 122 Å². The molecule has 4 heteroatoms. The van der Waals surface area contributed by atoms with Crippen molar-refractivity contribution in [2.45, 2.75) is 6.92 Å². The highest BCUT2D eigenvalue weighted by molar-refractivity contribution is 6.15. The molecular weight excluding hydrogens is 1150 g/mol. The molecule has 0 fully saturated rings. The van der Waals surface area contributed by atoms with Crippen LogP contribution in [0.2, 0.25) is 0 Å². The molecule has 0 saturated carbocycles. The van der Waals surface area contributed by atoms with Crippen molar-refractivity contribution in [3.63, 3.8) is 0 Å². The number of nitrogens with zero attached hydrogens (tertiary/aromatic N) is 4. The first-order valence-corrected chi connectivity index (χ1v) is 30.5. The molecule has 0 radical (unpaired) electrons. The molecule has 4 heterocycles. The summed E-state index contributed by atoms with van der Waals surface area (Å²) in [7, 11) is 0. The third-order valence-corrected chi connectivity index (χ3v) is 17.0. The van der Waals surface area contributed by atoms with Crippen LogP contribution in [-0.2, 0) is 0 Å². The van der Waals surface area contributed by atoms with Crippen LogP contribution in [-0.4, -0.2) is 18.3 Å². The van der Waals surface area contributed by atoms with Gasteiger partial charge < -0.3 is 18.3 Å². The Morgan fingerprint density at radius 2 is 0.495 bits per heavy atom. The number of rotatable bonds is 9. The van der Waals surface area contributed by atoms with Crippen LogP contribution in [0.4, 0.5) is 0 Å². The largest absolute Gasteiger partial charge is 0.309 e. The van der Waals surface area contributed by atoms with Gasteiger partial charge in [0.15, 0.2) is 0 Å². The van der Waals surface area contributed by atoms with Crippen LogP contribution in [0.1, 0.15) is 42.6 Å². The molecule has 0 atom stereocenters. The Morgan fingerprint density at radius 1 is 0.200 bits per heavy atom. The fourth-order valence-electron chi connectivity index (χ4n) is 12.7. The van der Waals surface area contributed by atoms with Crippen molar-refractivity contribution in [1.29, 1.82) is 0 Å². The maximum atomic E-state index is 9.95. The van der Waals surface area contributed by atoms with Gasteiger partial charge in [0.1, 0.15) is 0 Å². The van der Waals surface area contributed by atoms with Gasteiger partial charge in [-0.25, -0.2) is 0 Å². The van der Waals surface area contributed by atoms with Crippen molar-refractivity contribution in [1.82, 2.24) is 18.3 Å². The number of hydrogen-bond donors (Lipinski definition) is 0. The van der Waals surface area contributed by atoms with Gasteiger partial charge >= 0.3 is 0 Å². The standard InChI is InChI=1S/C49H34N2.C42H28N2/c1-33-21-24-43-45-32-37(36-22-25-47-44(31-36)42-19-11-12-20-46(42)50(47)40-17-9-4-10-18-40)23-26-48(45)51(49(43)27-33)41-29-38(34-13-5-2-6-14-34)28-39(30-41)35-15-7-3-8-16-35;1-3-11-29(12-4-1)30-19-23-34(24-20-30)44-40-18-10-8-16-36(40)38-28-32(22-26-42(38)44)31-21-25-41-37(27-31)35-15-7-9-17-39(35)43(41)33-13-5-2-6-14-33/h2-32H,1H3;1-28H/i11D,12D,19D,20D,21D,22D,23D,24D,25D,26D,27D,31D,32D;7D,8D,9D,10D,15D,16D,17D,18D,21D,22D,25D,26D,27D,28D. The summed E-state index contributed by atoms with van der Waals surface area (Å²) in [6.07, 6.45) is 0. The van der Waals surface area contributed by atoms with E-state index in [9.17, 15) is 19.2 Å². The topological polar surface area (TPSA) is 19.7 Å². The lowest BCUT2D eigenvalue weighted by atomic mass is 9.98. The molecule has 19 aromatic rings. The minimum absolute atomic E-state index is 0.00163. The van der Waals surface area contributed by atoms with Gasteiger partial charge in [-0.1, -0.05) is 230 Å². The van der Waals surface area contributed by atoms with Gasteiger partial charge in [0, 0.05) is 65.8 Å². The van der Waals surface area contributed by atoms with Crippen molar-refractivity contribution in [3.05, 3.63) is 363 Å². The average molecular weight is 1240 g/mol. The molecule has 0 aliphatic rings. The molecule has 4 nitrogen and oxygen atoms in total. The highest BCUT2D eigenvalue weighted by Crippen LogP contribution is 2.43. The molecule has 4 aromatic heterocycles. The molecule has 446 valence electrons. The minimum Gasteiger partial charge on any atom is -0.309 e. The van der Waals surface area contributed by atoms with Crippen LogP contribution in [0.3, 0.4) is 0 Å². The molecule has 0 spiro atoms. The van der Waals surface area contributed by atoms with Crippen molar-refractivity contribution in [3.8, 4) is 78.4 Å². The number of para-hydroxylation sites is 5. The Labute approximate surface area is 588 Å². The Kier molecular flexibility index (Phi) is 8.29. The summed E-state index contributed by atoms with van der Waals surface area (Å²) in [5, 5.41) is -0.669. The molecule has 0 unspecified atom stereocenters. The number of benzene rings is 15. The highest BCUT2D eigenvalue weighted by atomic mass is 15.0. The maximum absolute atomic E-state index is 9.95. The molecule has 0 aliphatic carbocycles. The SMILES string of the molecule is [2H]c1c([2H])c([2H])c2c(c1[2H])c1c([2H])c(-c3c([2H])c([2H])c4c(c3[2H])c3c([2H])c([2H])c(C)c([2H])c3n4-c3cc(-c4ccccc4)cc(-c4ccccc4)c3)c([2H])c([2H])c1n2-c1ccccc1.[2H]c1c([2H])c([2H])c2c(c1[2H])c1c([2H])c(-c3c([2H])c([2H])c4c(c3[2H])c3c([2H])c([2H])c([2H])c([2H])c3n4-c3ccc(-c4ccccc4)cc3)c([2H])c([2H])c1n2-c1ccccc1. The van der Waals surface area contributed by atoms with Crippen LogP contribution >= 0.6 is 0 Å². The predicted molar refractivity (Wildman–Crippen MR) is 402 cm³/mol. The monoisotopic (exact) mass is 1240 g/mol. The molecule has 0 bridgehead atoms. The van der Waals surface area contributed by atoms with E-state index in [1.807, 2.05) is 121 Å². The fourth-order valence-corrected chi connectivity index (χ4v) is 12.7. The van der Waals surface area contributed by atoms with Crippen molar-refractivity contribution >= 4 is 87.2 Å². The summed E-state index contributed by atoms with van der Waals surface area (Å²) < 4.78 is 254. The van der Waals surface area contributed by atoms with Gasteiger partial charge in [0.05, 0.1) is 81.1 Å². The number of fused-ring (bicyclic) bond motifs is 12. The molecule has 95 heavy (non-hydrogen) atoms. The summed E-state index contributed by atoms with van der Waals surface area (Å²) in [5.41, 5.74) is 5.32. The third kappa shape index (κ3) is 9.61. The van der Waals surface area contributed by atoms with E-state index in [0.717, 1.165) is 33.4 Å². The van der Waals surface area contributed by atoms with Gasteiger partial charge in [-0.15, -0.1) is 0 Å². The summed E-state index contributed by atoms with van der Waals surface area (Å²) in [5.74, 6) is 0. The number of aromatic nitrogens is 4. The normalized spacial score (nSPS) is 15.6. The van der Waals surface area contributed by atoms with Crippen molar-refractivity contribution in [2.24, 2.45) is 0 Å². The van der Waals surface area contributed by atoms with Crippen LogP contribution < -0.4 is 0 Å². The zero-order valence-corrected chi connectivity index (χ0v) is 50.3. The van der Waals surface area contributed by atoms with Crippen LogP contribution in [0, 0.1) is 6.92 Å². The first kappa shape index (κ1) is 34.2. The molecule has 0 N–H and O–H groups in total. The highest BCUT2D eigenvalue weighted by Gasteiger charge is 2.20. The molecular formula is C91H62N4. The summed E-state index contributed by atoms with van der Waals surface area (Å²) in [6.45, 7) is 1.56. The van der Waals surface area contributed by atoms with Crippen LogP contribution in [0.25, 0.3) is 166 Å². The second kappa shape index (κ2) is 23.0. The molecule has 19 rings (SSSR count). The van der Waals surface area contributed by atoms with E-state index in [1.54, 1.807) is 84.3 Å². The lowest BCUT2D eigenvalue weighted by molar-refractivity contribution is 1.18. The average Bonchev–Trinajstić information content (AvgIpc) is 1.50. The Bertz CT molecular complexity index is 7750. The van der Waals surface area contributed by atoms with E-state index in [2.05, 4.69) is 0 Å². The van der Waals surface area contributed by atoms with Crippen molar-refractivity contribution in [2.75, 3.05) is 0 Å².